The standard InChI is InChI=1S/C16H10BrNO/c17-14-6-3-9-18-15(14)16(19)13-8-7-11-4-1-2-5-12(11)10-13/h1-10H. The summed E-state index contributed by atoms with van der Waals surface area (Å²) in [5.41, 5.74) is 1.09. The van der Waals surface area contributed by atoms with Crippen LogP contribution in [-0.4, -0.2) is 10.8 Å². The number of hydrogen-bond acceptors (Lipinski definition) is 2. The van der Waals surface area contributed by atoms with Crippen molar-refractivity contribution in [1.29, 1.82) is 0 Å². The van der Waals surface area contributed by atoms with Crippen molar-refractivity contribution in [2.75, 3.05) is 0 Å². The van der Waals surface area contributed by atoms with Crippen LogP contribution in [0.25, 0.3) is 10.8 Å². The van der Waals surface area contributed by atoms with E-state index in [1.54, 1.807) is 12.3 Å². The Balaban J connectivity index is 2.09. The van der Waals surface area contributed by atoms with E-state index in [0.29, 0.717) is 15.7 Å². The molecule has 0 saturated heterocycles. The number of rotatable bonds is 2. The molecule has 3 aromatic rings. The zero-order valence-corrected chi connectivity index (χ0v) is 11.6. The highest BCUT2D eigenvalue weighted by molar-refractivity contribution is 9.10. The zero-order valence-electron chi connectivity index (χ0n) is 10.0. The van der Waals surface area contributed by atoms with E-state index in [4.69, 9.17) is 0 Å². The summed E-state index contributed by atoms with van der Waals surface area (Å²) in [4.78, 5) is 16.6. The molecule has 0 atom stereocenters. The molecule has 0 unspecified atom stereocenters. The summed E-state index contributed by atoms with van der Waals surface area (Å²) in [6, 6.07) is 17.3. The molecule has 0 aliphatic heterocycles. The molecule has 0 radical (unpaired) electrons. The lowest BCUT2D eigenvalue weighted by Crippen LogP contribution is -2.04. The third-order valence-corrected chi connectivity index (χ3v) is 3.63. The van der Waals surface area contributed by atoms with E-state index in [-0.39, 0.29) is 5.78 Å². The average Bonchev–Trinajstić information content (AvgIpc) is 2.46. The Hall–Kier alpha value is -2.00. The zero-order chi connectivity index (χ0) is 13.2. The van der Waals surface area contributed by atoms with Crippen LogP contribution in [0.15, 0.2) is 65.3 Å². The number of hydrogen-bond donors (Lipinski definition) is 0. The lowest BCUT2D eigenvalue weighted by atomic mass is 10.0. The third kappa shape index (κ3) is 2.29. The molecule has 3 heteroatoms. The number of carbonyl (C=O) groups excluding carboxylic acids is 1. The van der Waals surface area contributed by atoms with E-state index < -0.39 is 0 Å². The fourth-order valence-corrected chi connectivity index (χ4v) is 2.46. The predicted octanol–water partition coefficient (Wildman–Crippen LogP) is 4.23. The molecular weight excluding hydrogens is 302 g/mol. The number of fused-ring (bicyclic) bond motifs is 1. The summed E-state index contributed by atoms with van der Waals surface area (Å²) in [5.74, 6) is -0.0711. The second kappa shape index (κ2) is 4.94. The number of halogens is 1. The quantitative estimate of drug-likeness (QED) is 0.663. The topological polar surface area (TPSA) is 30.0 Å². The maximum atomic E-state index is 12.4. The highest BCUT2D eigenvalue weighted by Crippen LogP contribution is 2.21. The van der Waals surface area contributed by atoms with Gasteiger partial charge in [0.05, 0.1) is 0 Å². The Morgan fingerprint density at radius 3 is 2.53 bits per heavy atom. The van der Waals surface area contributed by atoms with Gasteiger partial charge in [0.25, 0.3) is 0 Å². The van der Waals surface area contributed by atoms with Gasteiger partial charge in [-0.15, -0.1) is 0 Å². The van der Waals surface area contributed by atoms with Crippen LogP contribution in [0.2, 0.25) is 0 Å². The minimum absolute atomic E-state index is 0.0711. The molecule has 1 aromatic heterocycles. The first-order valence-corrected chi connectivity index (χ1v) is 6.69. The average molecular weight is 312 g/mol. The summed E-state index contributed by atoms with van der Waals surface area (Å²) < 4.78 is 0.716. The van der Waals surface area contributed by atoms with Crippen molar-refractivity contribution in [1.82, 2.24) is 4.98 Å². The van der Waals surface area contributed by atoms with Crippen LogP contribution in [-0.2, 0) is 0 Å². The largest absolute Gasteiger partial charge is 0.287 e. The number of nitrogens with zero attached hydrogens (tertiary/aromatic N) is 1. The molecule has 0 aliphatic rings. The van der Waals surface area contributed by atoms with Crippen molar-refractivity contribution >= 4 is 32.5 Å². The lowest BCUT2D eigenvalue weighted by molar-refractivity contribution is 0.103. The van der Waals surface area contributed by atoms with Crippen molar-refractivity contribution in [2.24, 2.45) is 0 Å². The first-order valence-electron chi connectivity index (χ1n) is 5.90. The second-order valence-corrected chi connectivity index (χ2v) is 5.08. The van der Waals surface area contributed by atoms with Crippen LogP contribution in [0.5, 0.6) is 0 Å². The van der Waals surface area contributed by atoms with Gasteiger partial charge in [-0.25, -0.2) is 0 Å². The highest BCUT2D eigenvalue weighted by atomic mass is 79.9. The van der Waals surface area contributed by atoms with Crippen molar-refractivity contribution < 1.29 is 4.79 Å². The Bertz CT molecular complexity index is 767. The fraction of sp³-hybridized carbons (Fsp3) is 0. The van der Waals surface area contributed by atoms with Crippen LogP contribution in [0.1, 0.15) is 16.1 Å². The molecule has 0 N–H and O–H groups in total. The van der Waals surface area contributed by atoms with Crippen LogP contribution in [0.4, 0.5) is 0 Å². The van der Waals surface area contributed by atoms with Gasteiger partial charge in [-0.05, 0) is 44.9 Å². The third-order valence-electron chi connectivity index (χ3n) is 2.99. The fourth-order valence-electron chi connectivity index (χ4n) is 2.02. The Kier molecular flexibility index (Phi) is 3.13. The maximum Gasteiger partial charge on any atom is 0.212 e. The lowest BCUT2D eigenvalue weighted by Gasteiger charge is -2.04. The van der Waals surface area contributed by atoms with E-state index in [0.717, 1.165) is 10.8 Å². The number of carbonyl (C=O) groups is 1. The summed E-state index contributed by atoms with van der Waals surface area (Å²) in [5, 5.41) is 2.18. The molecule has 92 valence electrons. The van der Waals surface area contributed by atoms with Crippen molar-refractivity contribution in [2.45, 2.75) is 0 Å². The number of benzene rings is 2. The van der Waals surface area contributed by atoms with E-state index in [1.165, 1.54) is 0 Å². The molecule has 19 heavy (non-hydrogen) atoms. The van der Waals surface area contributed by atoms with E-state index in [1.807, 2.05) is 48.5 Å². The van der Waals surface area contributed by atoms with E-state index >= 15 is 0 Å². The minimum atomic E-state index is -0.0711. The molecule has 0 bridgehead atoms. The van der Waals surface area contributed by atoms with Gasteiger partial charge in [-0.3, -0.25) is 9.78 Å². The molecule has 2 nitrogen and oxygen atoms in total. The molecule has 1 heterocycles. The predicted molar refractivity (Wildman–Crippen MR) is 79.3 cm³/mol. The van der Waals surface area contributed by atoms with Gasteiger partial charge in [-0.1, -0.05) is 36.4 Å². The van der Waals surface area contributed by atoms with E-state index in [2.05, 4.69) is 20.9 Å². The van der Waals surface area contributed by atoms with Crippen molar-refractivity contribution in [3.63, 3.8) is 0 Å². The minimum Gasteiger partial charge on any atom is -0.287 e. The summed E-state index contributed by atoms with van der Waals surface area (Å²) >= 11 is 3.36. The van der Waals surface area contributed by atoms with Crippen LogP contribution >= 0.6 is 15.9 Å². The Labute approximate surface area is 119 Å². The second-order valence-electron chi connectivity index (χ2n) is 4.22. The highest BCUT2D eigenvalue weighted by Gasteiger charge is 2.13. The van der Waals surface area contributed by atoms with Gasteiger partial charge in [0.2, 0.25) is 5.78 Å². The van der Waals surface area contributed by atoms with Crippen molar-refractivity contribution in [3.05, 3.63) is 76.5 Å². The SMILES string of the molecule is O=C(c1ccc2ccccc2c1)c1ncccc1Br. The molecule has 0 aliphatic carbocycles. The Morgan fingerprint density at radius 1 is 0.947 bits per heavy atom. The summed E-state index contributed by atoms with van der Waals surface area (Å²) in [7, 11) is 0. The first kappa shape index (κ1) is 12.1. The normalized spacial score (nSPS) is 10.6. The molecular formula is C16H10BrNO. The van der Waals surface area contributed by atoms with Gasteiger partial charge in [0.1, 0.15) is 5.69 Å². The van der Waals surface area contributed by atoms with Crippen LogP contribution in [0, 0.1) is 0 Å². The first-order chi connectivity index (χ1) is 9.25. The number of ketones is 1. The van der Waals surface area contributed by atoms with E-state index in [9.17, 15) is 4.79 Å². The molecule has 0 amide bonds. The summed E-state index contributed by atoms with van der Waals surface area (Å²) in [6.45, 7) is 0. The van der Waals surface area contributed by atoms with Crippen LogP contribution in [0.3, 0.4) is 0 Å². The smallest absolute Gasteiger partial charge is 0.212 e. The molecule has 0 spiro atoms. The maximum absolute atomic E-state index is 12.4. The van der Waals surface area contributed by atoms with Gasteiger partial charge >= 0.3 is 0 Å². The van der Waals surface area contributed by atoms with Gasteiger partial charge in [0.15, 0.2) is 0 Å². The summed E-state index contributed by atoms with van der Waals surface area (Å²) in [6.07, 6.45) is 1.62. The van der Waals surface area contributed by atoms with Gasteiger partial charge in [-0.2, -0.15) is 0 Å². The molecule has 3 rings (SSSR count). The molecule has 0 saturated carbocycles. The number of pyridine rings is 1. The Morgan fingerprint density at radius 2 is 1.74 bits per heavy atom. The van der Waals surface area contributed by atoms with Gasteiger partial charge < -0.3 is 0 Å². The van der Waals surface area contributed by atoms with Gasteiger partial charge in [0, 0.05) is 16.2 Å². The molecule has 0 fully saturated rings. The number of aromatic nitrogens is 1. The van der Waals surface area contributed by atoms with Crippen LogP contribution < -0.4 is 0 Å². The molecule has 2 aromatic carbocycles. The monoisotopic (exact) mass is 311 g/mol. The van der Waals surface area contributed by atoms with Crippen molar-refractivity contribution in [3.8, 4) is 0 Å².